The van der Waals surface area contributed by atoms with Gasteiger partial charge in [0, 0.05) is 42.0 Å². The quantitative estimate of drug-likeness (QED) is 0.298. The van der Waals surface area contributed by atoms with E-state index in [2.05, 4.69) is 0 Å². The van der Waals surface area contributed by atoms with E-state index in [9.17, 15) is 34.8 Å². The number of carbonyl (C=O) groups is 3. The minimum absolute atomic E-state index is 0.0274. The largest absolute Gasteiger partial charge is 0.507 e. The number of ketones is 3. The van der Waals surface area contributed by atoms with Crippen LogP contribution in [0.15, 0.2) is 18.2 Å². The first-order valence-electron chi connectivity index (χ1n) is 12.3. The Kier molecular flexibility index (Phi) is 6.52. The lowest BCUT2D eigenvalue weighted by Gasteiger charge is -2.41. The zero-order chi connectivity index (χ0) is 27.5. The van der Waals surface area contributed by atoms with Gasteiger partial charge in [-0.1, -0.05) is 12.1 Å². The summed E-state index contributed by atoms with van der Waals surface area (Å²) in [5.74, 6) is -3.55. The van der Waals surface area contributed by atoms with Gasteiger partial charge in [0.05, 0.1) is 36.0 Å². The predicted octanol–water partition coefficient (Wildman–Crippen LogP) is 1.03. The fraction of sp³-hybridized carbons (Fsp3) is 0.444. The van der Waals surface area contributed by atoms with Gasteiger partial charge in [-0.05, 0) is 19.4 Å². The number of ether oxygens (including phenoxy) is 3. The summed E-state index contributed by atoms with van der Waals surface area (Å²) < 4.78 is 17.2. The molecule has 38 heavy (non-hydrogen) atoms. The van der Waals surface area contributed by atoms with Crippen molar-refractivity contribution in [2.75, 3.05) is 13.7 Å². The van der Waals surface area contributed by atoms with Crippen molar-refractivity contribution in [1.29, 1.82) is 0 Å². The molecule has 3 aliphatic rings. The van der Waals surface area contributed by atoms with Crippen LogP contribution in [-0.2, 0) is 20.7 Å². The fourth-order valence-electron chi connectivity index (χ4n) is 5.81. The van der Waals surface area contributed by atoms with Gasteiger partial charge in [-0.2, -0.15) is 0 Å². The highest BCUT2D eigenvalue weighted by atomic mass is 16.7. The molecule has 5 rings (SSSR count). The SMILES string of the molecule is COc1cccc2c1C(=O)c1c(O)c3c(c(O)c1C2=O)C[C@@](O)(C(=O)CO)C[C@@H]3O[C@H]1C[C@H](N)C[C@@H](C)O1. The number of hydrogen-bond acceptors (Lipinski definition) is 11. The fourth-order valence-corrected chi connectivity index (χ4v) is 5.81. The number of rotatable bonds is 5. The molecule has 6 N–H and O–H groups in total. The van der Waals surface area contributed by atoms with Crippen LogP contribution in [0.3, 0.4) is 0 Å². The first kappa shape index (κ1) is 26.3. The topological polar surface area (TPSA) is 186 Å². The van der Waals surface area contributed by atoms with Gasteiger partial charge in [0.2, 0.25) is 5.78 Å². The molecule has 11 nitrogen and oxygen atoms in total. The van der Waals surface area contributed by atoms with E-state index in [0.29, 0.717) is 6.42 Å². The van der Waals surface area contributed by atoms with Crippen molar-refractivity contribution in [2.24, 2.45) is 5.73 Å². The molecule has 1 heterocycles. The number of Topliss-reactive ketones (excluding diaryl/α,β-unsaturated/α-hetero) is 1. The summed E-state index contributed by atoms with van der Waals surface area (Å²) in [4.78, 5) is 39.7. The molecular formula is C27H29NO10. The predicted molar refractivity (Wildman–Crippen MR) is 130 cm³/mol. The van der Waals surface area contributed by atoms with Crippen LogP contribution in [-0.4, -0.2) is 75.5 Å². The summed E-state index contributed by atoms with van der Waals surface area (Å²) in [6.07, 6.45) is -2.45. The Bertz CT molecular complexity index is 1340. The maximum atomic E-state index is 13.6. The molecule has 0 radical (unpaired) electrons. The Hall–Kier alpha value is -3.35. The highest BCUT2D eigenvalue weighted by Gasteiger charge is 2.49. The lowest BCUT2D eigenvalue weighted by Crippen LogP contribution is -2.48. The number of carbonyl (C=O) groups excluding carboxylic acids is 3. The smallest absolute Gasteiger partial charge is 0.202 e. The monoisotopic (exact) mass is 527 g/mol. The summed E-state index contributed by atoms with van der Waals surface area (Å²) in [5.41, 5.74) is 2.78. The molecule has 1 saturated heterocycles. The molecule has 0 saturated carbocycles. The minimum Gasteiger partial charge on any atom is -0.507 e. The Morgan fingerprint density at radius 1 is 1.13 bits per heavy atom. The molecule has 2 aliphatic carbocycles. The number of aliphatic hydroxyl groups excluding tert-OH is 1. The molecule has 2 aromatic carbocycles. The lowest BCUT2D eigenvalue weighted by molar-refractivity contribution is -0.225. The van der Waals surface area contributed by atoms with Gasteiger partial charge in [-0.25, -0.2) is 0 Å². The third kappa shape index (κ3) is 3.98. The van der Waals surface area contributed by atoms with Crippen LogP contribution in [0.25, 0.3) is 0 Å². The second kappa shape index (κ2) is 9.44. The summed E-state index contributed by atoms with van der Waals surface area (Å²) in [6.45, 7) is 0.827. The maximum absolute atomic E-state index is 13.6. The summed E-state index contributed by atoms with van der Waals surface area (Å²) in [7, 11) is 1.34. The van der Waals surface area contributed by atoms with Crippen LogP contribution >= 0.6 is 0 Å². The second-order valence-electron chi connectivity index (χ2n) is 10.1. The van der Waals surface area contributed by atoms with Gasteiger partial charge in [-0.3, -0.25) is 14.4 Å². The van der Waals surface area contributed by atoms with Crippen LogP contribution in [0, 0.1) is 0 Å². The molecule has 11 heteroatoms. The number of nitrogens with two attached hydrogens (primary N) is 1. The van der Waals surface area contributed by atoms with Crippen molar-refractivity contribution in [3.8, 4) is 17.2 Å². The first-order chi connectivity index (χ1) is 18.0. The standard InChI is InChI=1S/C27H29NO10/c1-11-6-12(28)7-18(37-11)38-16-9-27(35,17(30)10-29)8-14-20(16)26(34)22-21(24(14)32)23(31)13-4-3-5-15(36-2)19(13)25(22)33/h3-5,11-12,16,18,29,32,34-35H,6-10,28H2,1-2H3/t11-,12-,16+,18+,27+/m1/s1. The maximum Gasteiger partial charge on any atom is 0.202 e. The van der Waals surface area contributed by atoms with Gasteiger partial charge >= 0.3 is 0 Å². The molecule has 0 aromatic heterocycles. The van der Waals surface area contributed by atoms with E-state index in [1.807, 2.05) is 6.92 Å². The third-order valence-electron chi connectivity index (χ3n) is 7.57. The highest BCUT2D eigenvalue weighted by molar-refractivity contribution is 6.31. The number of aliphatic hydroxyl groups is 2. The van der Waals surface area contributed by atoms with Crippen molar-refractivity contribution < 1.29 is 49.0 Å². The molecule has 202 valence electrons. The summed E-state index contributed by atoms with van der Waals surface area (Å²) in [6, 6.07) is 4.17. The second-order valence-corrected chi connectivity index (χ2v) is 10.1. The molecule has 1 aliphatic heterocycles. The van der Waals surface area contributed by atoms with Gasteiger partial charge in [0.25, 0.3) is 0 Å². The van der Waals surface area contributed by atoms with E-state index in [4.69, 9.17) is 19.9 Å². The van der Waals surface area contributed by atoms with E-state index >= 15 is 0 Å². The number of hydrogen-bond donors (Lipinski definition) is 5. The van der Waals surface area contributed by atoms with Crippen molar-refractivity contribution >= 4 is 17.3 Å². The molecule has 1 fully saturated rings. The minimum atomic E-state index is -2.18. The van der Waals surface area contributed by atoms with Gasteiger partial charge in [0.15, 0.2) is 17.9 Å². The molecular weight excluding hydrogens is 498 g/mol. The molecule has 0 bridgehead atoms. The zero-order valence-corrected chi connectivity index (χ0v) is 20.9. The number of benzene rings is 2. The normalized spacial score (nSPS) is 28.3. The summed E-state index contributed by atoms with van der Waals surface area (Å²) >= 11 is 0. The van der Waals surface area contributed by atoms with Crippen LogP contribution < -0.4 is 10.5 Å². The van der Waals surface area contributed by atoms with Crippen LogP contribution in [0.2, 0.25) is 0 Å². The van der Waals surface area contributed by atoms with Crippen molar-refractivity contribution in [1.82, 2.24) is 0 Å². The Morgan fingerprint density at radius 3 is 2.50 bits per heavy atom. The third-order valence-corrected chi connectivity index (χ3v) is 7.57. The van der Waals surface area contributed by atoms with Crippen molar-refractivity contribution in [2.45, 2.75) is 62.7 Å². The molecule has 0 amide bonds. The van der Waals surface area contributed by atoms with E-state index in [1.54, 1.807) is 0 Å². The molecule has 2 aromatic rings. The Morgan fingerprint density at radius 2 is 1.84 bits per heavy atom. The number of phenols is 2. The number of phenolic OH excluding ortho intramolecular Hbond substituents is 2. The van der Waals surface area contributed by atoms with Crippen LogP contribution in [0.5, 0.6) is 17.2 Å². The van der Waals surface area contributed by atoms with E-state index in [-0.39, 0.29) is 46.6 Å². The van der Waals surface area contributed by atoms with E-state index < -0.39 is 77.4 Å². The van der Waals surface area contributed by atoms with Crippen molar-refractivity contribution in [3.05, 3.63) is 51.6 Å². The average Bonchev–Trinajstić information content (AvgIpc) is 2.87. The zero-order valence-electron chi connectivity index (χ0n) is 20.9. The van der Waals surface area contributed by atoms with Crippen LogP contribution in [0.4, 0.5) is 0 Å². The number of methoxy groups -OCH3 is 1. The summed E-state index contributed by atoms with van der Waals surface area (Å²) in [5, 5.41) is 43.6. The van der Waals surface area contributed by atoms with Gasteiger partial charge in [0.1, 0.15) is 29.5 Å². The highest BCUT2D eigenvalue weighted by Crippen LogP contribution is 2.52. The molecule has 0 unspecified atom stereocenters. The van der Waals surface area contributed by atoms with Gasteiger partial charge in [-0.15, -0.1) is 0 Å². The average molecular weight is 528 g/mol. The van der Waals surface area contributed by atoms with E-state index in [1.165, 1.54) is 25.3 Å². The number of aromatic hydroxyl groups is 2. The molecule has 5 atom stereocenters. The Labute approximate surface area is 217 Å². The lowest BCUT2D eigenvalue weighted by atomic mass is 9.72. The number of fused-ring (bicyclic) bond motifs is 3. The van der Waals surface area contributed by atoms with Crippen LogP contribution in [0.1, 0.15) is 75.3 Å². The molecule has 0 spiro atoms. The first-order valence-corrected chi connectivity index (χ1v) is 12.3. The van der Waals surface area contributed by atoms with Gasteiger partial charge < -0.3 is 40.4 Å². The Balaban J connectivity index is 1.70. The van der Waals surface area contributed by atoms with Crippen molar-refractivity contribution in [3.63, 3.8) is 0 Å². The van der Waals surface area contributed by atoms with E-state index in [0.717, 1.165) is 0 Å².